The molecule has 21 heavy (non-hydrogen) atoms. The molecule has 2 aromatic rings. The van der Waals surface area contributed by atoms with Crippen molar-refractivity contribution in [3.05, 3.63) is 58.9 Å². The molecule has 0 saturated carbocycles. The molecule has 0 aliphatic heterocycles. The first kappa shape index (κ1) is 14.5. The summed E-state index contributed by atoms with van der Waals surface area (Å²) in [7, 11) is 0. The molecule has 0 unspecified atom stereocenters. The standard InChI is InChI=1S/C15H15N3O3/c1-9-6-11(3-4-12(9)14(16)19)17-7-10-2-5-13(15(20)21)18-8-10/h2-6,8,17H,7H2,1H3,(H2,16,19)(H,20,21). The van der Waals surface area contributed by atoms with Crippen LogP contribution in [0.2, 0.25) is 0 Å². The Balaban J connectivity index is 2.04. The van der Waals surface area contributed by atoms with Crippen molar-refractivity contribution in [2.45, 2.75) is 13.5 Å². The number of carbonyl (C=O) groups is 2. The van der Waals surface area contributed by atoms with Gasteiger partial charge in [0.25, 0.3) is 0 Å². The van der Waals surface area contributed by atoms with Gasteiger partial charge in [-0.25, -0.2) is 9.78 Å². The van der Waals surface area contributed by atoms with Crippen LogP contribution in [0.1, 0.15) is 32.0 Å². The third kappa shape index (κ3) is 3.56. The van der Waals surface area contributed by atoms with Crippen LogP contribution in [-0.2, 0) is 6.54 Å². The van der Waals surface area contributed by atoms with Crippen molar-refractivity contribution in [1.82, 2.24) is 4.98 Å². The normalized spacial score (nSPS) is 10.1. The molecular weight excluding hydrogens is 270 g/mol. The lowest BCUT2D eigenvalue weighted by Gasteiger charge is -2.09. The Morgan fingerprint density at radius 2 is 2.05 bits per heavy atom. The van der Waals surface area contributed by atoms with Gasteiger partial charge in [-0.1, -0.05) is 6.07 Å². The zero-order chi connectivity index (χ0) is 15.4. The van der Waals surface area contributed by atoms with Gasteiger partial charge in [-0.2, -0.15) is 0 Å². The zero-order valence-electron chi connectivity index (χ0n) is 11.5. The molecule has 0 aliphatic carbocycles. The molecule has 0 radical (unpaired) electrons. The van der Waals surface area contributed by atoms with Gasteiger partial charge in [0, 0.05) is 24.0 Å². The van der Waals surface area contributed by atoms with E-state index in [1.807, 2.05) is 13.0 Å². The maximum absolute atomic E-state index is 11.1. The molecule has 2 rings (SSSR count). The quantitative estimate of drug-likeness (QED) is 0.776. The van der Waals surface area contributed by atoms with Crippen LogP contribution in [0.4, 0.5) is 5.69 Å². The van der Waals surface area contributed by atoms with Gasteiger partial charge in [-0.15, -0.1) is 0 Å². The summed E-state index contributed by atoms with van der Waals surface area (Å²) in [6.07, 6.45) is 1.51. The summed E-state index contributed by atoms with van der Waals surface area (Å²) in [6.45, 7) is 2.32. The summed E-state index contributed by atoms with van der Waals surface area (Å²) in [5, 5.41) is 11.9. The fraction of sp³-hybridized carbons (Fsp3) is 0.133. The van der Waals surface area contributed by atoms with Crippen LogP contribution in [-0.4, -0.2) is 22.0 Å². The molecule has 6 nitrogen and oxygen atoms in total. The Bertz CT molecular complexity index is 681. The first-order valence-corrected chi connectivity index (χ1v) is 6.30. The van der Waals surface area contributed by atoms with Crippen molar-refractivity contribution < 1.29 is 14.7 Å². The maximum atomic E-state index is 11.1. The van der Waals surface area contributed by atoms with E-state index in [4.69, 9.17) is 10.8 Å². The minimum Gasteiger partial charge on any atom is -0.477 e. The van der Waals surface area contributed by atoms with Crippen molar-refractivity contribution in [3.63, 3.8) is 0 Å². The molecule has 1 aromatic heterocycles. The number of primary amides is 1. The van der Waals surface area contributed by atoms with Gasteiger partial charge >= 0.3 is 5.97 Å². The van der Waals surface area contributed by atoms with Gasteiger partial charge in [0.15, 0.2) is 0 Å². The topological polar surface area (TPSA) is 105 Å². The number of nitrogens with zero attached hydrogens (tertiary/aromatic N) is 1. The van der Waals surface area contributed by atoms with Crippen LogP contribution in [0, 0.1) is 6.92 Å². The summed E-state index contributed by atoms with van der Waals surface area (Å²) >= 11 is 0. The number of nitrogens with two attached hydrogens (primary N) is 1. The fourth-order valence-electron chi connectivity index (χ4n) is 1.91. The van der Waals surface area contributed by atoms with E-state index >= 15 is 0 Å². The maximum Gasteiger partial charge on any atom is 0.354 e. The van der Waals surface area contributed by atoms with Crippen LogP contribution in [0.15, 0.2) is 36.5 Å². The third-order valence-electron chi connectivity index (χ3n) is 3.03. The predicted molar refractivity (Wildman–Crippen MR) is 78.2 cm³/mol. The molecule has 1 amide bonds. The smallest absolute Gasteiger partial charge is 0.354 e. The minimum absolute atomic E-state index is 0.0143. The monoisotopic (exact) mass is 285 g/mol. The number of carbonyl (C=O) groups excluding carboxylic acids is 1. The first-order valence-electron chi connectivity index (χ1n) is 6.30. The predicted octanol–water partition coefficient (Wildman–Crippen LogP) is 1.80. The number of hydrogen-bond donors (Lipinski definition) is 3. The van der Waals surface area contributed by atoms with E-state index in [1.165, 1.54) is 12.3 Å². The number of nitrogens with one attached hydrogen (secondary N) is 1. The van der Waals surface area contributed by atoms with Crippen LogP contribution >= 0.6 is 0 Å². The lowest BCUT2D eigenvalue weighted by Crippen LogP contribution is -2.12. The van der Waals surface area contributed by atoms with E-state index in [9.17, 15) is 9.59 Å². The highest BCUT2D eigenvalue weighted by atomic mass is 16.4. The Hall–Kier alpha value is -2.89. The van der Waals surface area contributed by atoms with Crippen molar-refractivity contribution in [2.75, 3.05) is 5.32 Å². The zero-order valence-corrected chi connectivity index (χ0v) is 11.5. The van der Waals surface area contributed by atoms with Gasteiger partial charge in [0.2, 0.25) is 5.91 Å². The highest BCUT2D eigenvalue weighted by molar-refractivity contribution is 5.94. The van der Waals surface area contributed by atoms with E-state index in [-0.39, 0.29) is 5.69 Å². The summed E-state index contributed by atoms with van der Waals surface area (Å²) in [4.78, 5) is 25.7. The van der Waals surface area contributed by atoms with Crippen LogP contribution in [0.5, 0.6) is 0 Å². The van der Waals surface area contributed by atoms with Crippen molar-refractivity contribution in [2.24, 2.45) is 5.73 Å². The number of benzene rings is 1. The molecule has 0 saturated heterocycles. The van der Waals surface area contributed by atoms with E-state index < -0.39 is 11.9 Å². The average Bonchev–Trinajstić information content (AvgIpc) is 2.45. The molecule has 0 atom stereocenters. The van der Waals surface area contributed by atoms with Gasteiger partial charge in [0.1, 0.15) is 5.69 Å². The largest absolute Gasteiger partial charge is 0.477 e. The molecule has 1 aromatic carbocycles. The number of anilines is 1. The number of carboxylic acid groups (broad SMARTS) is 1. The molecule has 0 bridgehead atoms. The molecule has 4 N–H and O–H groups in total. The van der Waals surface area contributed by atoms with Gasteiger partial charge in [-0.05, 0) is 42.3 Å². The molecule has 6 heteroatoms. The highest BCUT2D eigenvalue weighted by Gasteiger charge is 2.06. The van der Waals surface area contributed by atoms with Crippen LogP contribution < -0.4 is 11.1 Å². The second-order valence-electron chi connectivity index (χ2n) is 4.60. The van der Waals surface area contributed by atoms with E-state index in [1.54, 1.807) is 18.2 Å². The SMILES string of the molecule is Cc1cc(NCc2ccc(C(=O)O)nc2)ccc1C(N)=O. The van der Waals surface area contributed by atoms with E-state index in [0.29, 0.717) is 12.1 Å². The first-order chi connectivity index (χ1) is 9.97. The summed E-state index contributed by atoms with van der Waals surface area (Å²) in [6, 6.07) is 8.44. The number of pyridine rings is 1. The number of hydrogen-bond acceptors (Lipinski definition) is 4. The molecule has 0 spiro atoms. The number of aromatic nitrogens is 1. The van der Waals surface area contributed by atoms with Crippen LogP contribution in [0.25, 0.3) is 0 Å². The van der Waals surface area contributed by atoms with E-state index in [2.05, 4.69) is 10.3 Å². The van der Waals surface area contributed by atoms with Crippen molar-refractivity contribution in [1.29, 1.82) is 0 Å². The Morgan fingerprint density at radius 3 is 2.57 bits per heavy atom. The molecule has 108 valence electrons. The van der Waals surface area contributed by atoms with Crippen LogP contribution in [0.3, 0.4) is 0 Å². The van der Waals surface area contributed by atoms with Gasteiger partial charge in [-0.3, -0.25) is 4.79 Å². The number of aromatic carboxylic acids is 1. The number of carboxylic acids is 1. The summed E-state index contributed by atoms with van der Waals surface area (Å²) in [5.74, 6) is -1.50. The second kappa shape index (κ2) is 6.04. The minimum atomic E-state index is -1.05. The van der Waals surface area contributed by atoms with Crippen molar-refractivity contribution >= 4 is 17.6 Å². The van der Waals surface area contributed by atoms with Gasteiger partial charge in [0.05, 0.1) is 0 Å². The Morgan fingerprint density at radius 1 is 1.29 bits per heavy atom. The number of rotatable bonds is 5. The van der Waals surface area contributed by atoms with Gasteiger partial charge < -0.3 is 16.2 Å². The lowest BCUT2D eigenvalue weighted by molar-refractivity contribution is 0.0690. The molecule has 0 aliphatic rings. The summed E-state index contributed by atoms with van der Waals surface area (Å²) < 4.78 is 0. The number of aryl methyl sites for hydroxylation is 1. The Labute approximate surface area is 121 Å². The molecule has 1 heterocycles. The lowest BCUT2D eigenvalue weighted by atomic mass is 10.1. The highest BCUT2D eigenvalue weighted by Crippen LogP contribution is 2.15. The second-order valence-corrected chi connectivity index (χ2v) is 4.60. The van der Waals surface area contributed by atoms with Crippen molar-refractivity contribution in [3.8, 4) is 0 Å². The fourth-order valence-corrected chi connectivity index (χ4v) is 1.91. The third-order valence-corrected chi connectivity index (χ3v) is 3.03. The molecular formula is C15H15N3O3. The average molecular weight is 285 g/mol. The summed E-state index contributed by atoms with van der Waals surface area (Å²) in [5.41, 5.74) is 8.26. The molecule has 0 fully saturated rings. The number of amides is 1. The van der Waals surface area contributed by atoms with E-state index in [0.717, 1.165) is 16.8 Å². The Kier molecular flexibility index (Phi) is 4.18.